The summed E-state index contributed by atoms with van der Waals surface area (Å²) in [4.78, 5) is 18.8. The summed E-state index contributed by atoms with van der Waals surface area (Å²) < 4.78 is 40.8. The first-order valence-corrected chi connectivity index (χ1v) is 10.6. The number of imidazole rings is 1. The van der Waals surface area contributed by atoms with Crippen LogP contribution in [0, 0.1) is 0 Å². The predicted molar refractivity (Wildman–Crippen MR) is 112 cm³/mol. The van der Waals surface area contributed by atoms with Crippen LogP contribution in [0.5, 0.6) is 0 Å². The van der Waals surface area contributed by atoms with Gasteiger partial charge >= 0.3 is 6.18 Å². The van der Waals surface area contributed by atoms with E-state index in [0.29, 0.717) is 17.8 Å². The second-order valence-corrected chi connectivity index (χ2v) is 8.00. The number of para-hydroxylation sites is 1. The molecular formula is C22H20F3N3OS. The lowest BCUT2D eigenvalue weighted by atomic mass is 10.0. The van der Waals surface area contributed by atoms with Crippen LogP contribution < -0.4 is 4.90 Å². The van der Waals surface area contributed by atoms with Crippen LogP contribution >= 0.6 is 11.8 Å². The molecule has 0 unspecified atom stereocenters. The summed E-state index contributed by atoms with van der Waals surface area (Å²) in [7, 11) is 0. The van der Waals surface area contributed by atoms with Gasteiger partial charge in [-0.1, -0.05) is 60.3 Å². The van der Waals surface area contributed by atoms with Gasteiger partial charge in [0.05, 0.1) is 17.6 Å². The van der Waals surface area contributed by atoms with E-state index in [9.17, 15) is 18.0 Å². The summed E-state index contributed by atoms with van der Waals surface area (Å²) in [6.45, 7) is -0.539. The third-order valence-corrected chi connectivity index (χ3v) is 5.94. The van der Waals surface area contributed by atoms with Crippen molar-refractivity contribution in [3.05, 3.63) is 66.4 Å². The molecule has 0 radical (unpaired) electrons. The topological polar surface area (TPSA) is 38.1 Å². The maximum atomic E-state index is 13.2. The van der Waals surface area contributed by atoms with Gasteiger partial charge < -0.3 is 9.47 Å². The first kappa shape index (κ1) is 20.5. The molecule has 0 atom stereocenters. The van der Waals surface area contributed by atoms with Crippen molar-refractivity contribution >= 4 is 23.4 Å². The summed E-state index contributed by atoms with van der Waals surface area (Å²) in [5, 5.41) is 0.185. The summed E-state index contributed by atoms with van der Waals surface area (Å²) in [6, 6.07) is 16.6. The fourth-order valence-corrected chi connectivity index (χ4v) is 4.50. The number of nitrogens with zero attached hydrogens (tertiary/aromatic N) is 3. The van der Waals surface area contributed by atoms with Crippen LogP contribution in [0.1, 0.15) is 12.0 Å². The fraction of sp³-hybridized carbons (Fsp3) is 0.273. The molecule has 4 nitrogen and oxygen atoms in total. The van der Waals surface area contributed by atoms with Gasteiger partial charge in [-0.05, 0) is 30.0 Å². The molecule has 1 amide bonds. The Morgan fingerprint density at radius 2 is 1.80 bits per heavy atom. The van der Waals surface area contributed by atoms with Crippen LogP contribution in [0.25, 0.3) is 11.3 Å². The molecule has 1 aromatic heterocycles. The highest BCUT2D eigenvalue weighted by molar-refractivity contribution is 7.99. The average Bonchev–Trinajstić information content (AvgIpc) is 3.13. The standard InChI is InChI=1S/C22H20F3N3OS/c23-22(24,25)15-28-19(17-7-2-1-3-8-17)13-26-21(28)30-14-20(29)27-12-6-10-16-9-4-5-11-18(16)27/h1-5,7-9,11,13H,6,10,12,14-15H2. The molecule has 156 valence electrons. The van der Waals surface area contributed by atoms with Crippen molar-refractivity contribution in [2.24, 2.45) is 0 Å². The van der Waals surface area contributed by atoms with Crippen molar-refractivity contribution in [2.45, 2.75) is 30.7 Å². The average molecular weight is 431 g/mol. The molecule has 2 heterocycles. The van der Waals surface area contributed by atoms with Gasteiger partial charge in [0.2, 0.25) is 5.91 Å². The van der Waals surface area contributed by atoms with E-state index in [0.717, 1.165) is 40.4 Å². The second-order valence-electron chi connectivity index (χ2n) is 7.06. The van der Waals surface area contributed by atoms with Gasteiger partial charge in [0.1, 0.15) is 6.54 Å². The Bertz CT molecular complexity index is 1030. The Kier molecular flexibility index (Phi) is 5.85. The summed E-state index contributed by atoms with van der Waals surface area (Å²) in [6.07, 6.45) is -1.17. The van der Waals surface area contributed by atoms with Crippen LogP contribution in [0.15, 0.2) is 66.0 Å². The zero-order chi connectivity index (χ0) is 21.1. The molecule has 0 N–H and O–H groups in total. The molecule has 0 bridgehead atoms. The Balaban J connectivity index is 1.55. The lowest BCUT2D eigenvalue weighted by molar-refractivity contribution is -0.141. The maximum absolute atomic E-state index is 13.2. The number of rotatable bonds is 5. The first-order chi connectivity index (χ1) is 14.4. The van der Waals surface area contributed by atoms with E-state index in [1.807, 2.05) is 24.3 Å². The largest absolute Gasteiger partial charge is 0.406 e. The van der Waals surface area contributed by atoms with Crippen LogP contribution in [0.3, 0.4) is 0 Å². The van der Waals surface area contributed by atoms with Gasteiger partial charge in [-0.3, -0.25) is 4.79 Å². The predicted octanol–water partition coefficient (Wildman–Crippen LogP) is 5.18. The van der Waals surface area contributed by atoms with E-state index in [4.69, 9.17) is 0 Å². The molecule has 30 heavy (non-hydrogen) atoms. The van der Waals surface area contributed by atoms with E-state index in [-0.39, 0.29) is 16.8 Å². The van der Waals surface area contributed by atoms with Crippen molar-refractivity contribution in [1.82, 2.24) is 9.55 Å². The lowest BCUT2D eigenvalue weighted by Gasteiger charge is -2.29. The number of hydrogen-bond donors (Lipinski definition) is 0. The summed E-state index contributed by atoms with van der Waals surface area (Å²) >= 11 is 1.04. The third-order valence-electron chi connectivity index (χ3n) is 4.96. The van der Waals surface area contributed by atoms with Gasteiger partial charge in [0.25, 0.3) is 0 Å². The van der Waals surface area contributed by atoms with Crippen molar-refractivity contribution < 1.29 is 18.0 Å². The van der Waals surface area contributed by atoms with Gasteiger partial charge in [-0.2, -0.15) is 13.2 Å². The number of benzene rings is 2. The summed E-state index contributed by atoms with van der Waals surface area (Å²) in [5.41, 5.74) is 3.04. The van der Waals surface area contributed by atoms with Gasteiger partial charge in [-0.15, -0.1) is 0 Å². The van der Waals surface area contributed by atoms with E-state index in [1.165, 1.54) is 6.20 Å². The SMILES string of the molecule is O=C(CSc1ncc(-c2ccccc2)n1CC(F)(F)F)N1CCCc2ccccc21. The number of aromatic nitrogens is 2. The molecule has 0 aliphatic carbocycles. The van der Waals surface area contributed by atoms with E-state index in [1.54, 1.807) is 35.2 Å². The minimum absolute atomic E-state index is 0.0252. The van der Waals surface area contributed by atoms with E-state index < -0.39 is 12.7 Å². The molecule has 3 aromatic rings. The maximum Gasteiger partial charge on any atom is 0.406 e. The number of hydrogen-bond acceptors (Lipinski definition) is 3. The molecular weight excluding hydrogens is 411 g/mol. The fourth-order valence-electron chi connectivity index (χ4n) is 3.64. The molecule has 1 aliphatic heterocycles. The number of alkyl halides is 3. The van der Waals surface area contributed by atoms with E-state index in [2.05, 4.69) is 4.98 Å². The Morgan fingerprint density at radius 1 is 1.07 bits per heavy atom. The molecule has 0 spiro atoms. The number of amides is 1. The zero-order valence-corrected chi connectivity index (χ0v) is 16.9. The van der Waals surface area contributed by atoms with Crippen LogP contribution in [0.2, 0.25) is 0 Å². The van der Waals surface area contributed by atoms with E-state index >= 15 is 0 Å². The molecule has 0 saturated carbocycles. The number of anilines is 1. The number of halogens is 3. The van der Waals surface area contributed by atoms with Crippen LogP contribution in [-0.2, 0) is 17.8 Å². The van der Waals surface area contributed by atoms with Crippen molar-refractivity contribution in [3.8, 4) is 11.3 Å². The number of fused-ring (bicyclic) bond motifs is 1. The number of thioether (sulfide) groups is 1. The number of carbonyl (C=O) groups is 1. The molecule has 4 rings (SSSR count). The molecule has 1 aliphatic rings. The Morgan fingerprint density at radius 3 is 2.57 bits per heavy atom. The monoisotopic (exact) mass is 431 g/mol. The van der Waals surface area contributed by atoms with Gasteiger partial charge in [-0.25, -0.2) is 4.98 Å². The Hall–Kier alpha value is -2.74. The highest BCUT2D eigenvalue weighted by atomic mass is 32.2. The number of aryl methyl sites for hydroxylation is 1. The van der Waals surface area contributed by atoms with Crippen molar-refractivity contribution in [3.63, 3.8) is 0 Å². The van der Waals surface area contributed by atoms with Gasteiger partial charge in [0, 0.05) is 12.2 Å². The smallest absolute Gasteiger partial charge is 0.311 e. The quantitative estimate of drug-likeness (QED) is 0.522. The Labute approximate surface area is 176 Å². The summed E-state index contributed by atoms with van der Waals surface area (Å²) in [5.74, 6) is -0.104. The number of carbonyl (C=O) groups excluding carboxylic acids is 1. The zero-order valence-electron chi connectivity index (χ0n) is 16.1. The normalized spacial score (nSPS) is 13.9. The lowest BCUT2D eigenvalue weighted by Crippen LogP contribution is -2.36. The molecule has 8 heteroatoms. The minimum Gasteiger partial charge on any atom is -0.311 e. The van der Waals surface area contributed by atoms with Crippen LogP contribution in [0.4, 0.5) is 18.9 Å². The first-order valence-electron chi connectivity index (χ1n) is 9.61. The molecule has 0 saturated heterocycles. The highest BCUT2D eigenvalue weighted by Gasteiger charge is 2.31. The molecule has 0 fully saturated rings. The van der Waals surface area contributed by atoms with Crippen molar-refractivity contribution in [1.29, 1.82) is 0 Å². The second kappa shape index (κ2) is 8.55. The third kappa shape index (κ3) is 4.53. The van der Waals surface area contributed by atoms with Crippen molar-refractivity contribution in [2.75, 3.05) is 17.2 Å². The highest BCUT2D eigenvalue weighted by Crippen LogP contribution is 2.31. The molecule has 2 aromatic carbocycles. The van der Waals surface area contributed by atoms with Crippen LogP contribution in [-0.4, -0.2) is 33.9 Å². The minimum atomic E-state index is -4.39. The van der Waals surface area contributed by atoms with Gasteiger partial charge in [0.15, 0.2) is 5.16 Å².